The number of nitrogens with one attached hydrogen (secondary N) is 1. The summed E-state index contributed by atoms with van der Waals surface area (Å²) in [6.45, 7) is 11.5. The largest absolute Gasteiger partial charge is 0.374 e. The average molecular weight is 468 g/mol. The van der Waals surface area contributed by atoms with Crippen LogP contribution in [0.2, 0.25) is 0 Å². The smallest absolute Gasteiger partial charge is 0.0738 e. The highest BCUT2D eigenvalue weighted by Crippen LogP contribution is 2.43. The number of hydrogen-bond acceptors (Lipinski definition) is 2. The highest BCUT2D eigenvalue weighted by Gasteiger charge is 2.26. The number of rotatable bonds is 7. The van der Waals surface area contributed by atoms with E-state index in [0.717, 1.165) is 6.42 Å². The normalized spacial score (nSPS) is 17.2. The van der Waals surface area contributed by atoms with Gasteiger partial charge in [-0.15, -0.1) is 0 Å². The van der Waals surface area contributed by atoms with Crippen molar-refractivity contribution in [3.05, 3.63) is 118 Å². The van der Waals surface area contributed by atoms with Crippen LogP contribution in [0.25, 0.3) is 4.91 Å². The Morgan fingerprint density at radius 1 is 0.765 bits per heavy atom. The maximum absolute atomic E-state index is 4.07. The van der Waals surface area contributed by atoms with Gasteiger partial charge in [-0.25, -0.2) is 0 Å². The second kappa shape index (κ2) is 11.1. The zero-order valence-electron chi connectivity index (χ0n) is 21.1. The van der Waals surface area contributed by atoms with E-state index in [1.54, 1.807) is 0 Å². The Labute approximate surface area is 210 Å². The topological polar surface area (TPSA) is 12.0 Å². The third-order valence-corrected chi connectivity index (χ3v) is 7.78. The van der Waals surface area contributed by atoms with Crippen molar-refractivity contribution in [2.24, 2.45) is 5.92 Å². The zero-order valence-corrected chi connectivity index (χ0v) is 21.9. The Balaban J connectivity index is 1.77. The van der Waals surface area contributed by atoms with E-state index in [9.17, 15) is 0 Å². The number of hydrogen-bond donors (Lipinski definition) is 1. The zero-order chi connectivity index (χ0) is 24.1. The Hall–Kier alpha value is -2.71. The van der Waals surface area contributed by atoms with Crippen molar-refractivity contribution in [2.75, 3.05) is 5.32 Å². The summed E-state index contributed by atoms with van der Waals surface area (Å²) in [6.07, 6.45) is 3.45. The lowest BCUT2D eigenvalue weighted by Gasteiger charge is -2.30. The molecule has 0 saturated heterocycles. The number of allylic oxidation sites excluding steroid dienone is 1. The molecule has 0 aromatic heterocycles. The van der Waals surface area contributed by atoms with Crippen molar-refractivity contribution in [1.82, 2.24) is 0 Å². The summed E-state index contributed by atoms with van der Waals surface area (Å²) in [5.41, 5.74) is 8.16. The molecule has 0 amide bonds. The van der Waals surface area contributed by atoms with Crippen molar-refractivity contribution < 1.29 is 0 Å². The van der Waals surface area contributed by atoms with E-state index in [1.165, 1.54) is 38.4 Å². The van der Waals surface area contributed by atoms with Gasteiger partial charge in [-0.1, -0.05) is 131 Å². The van der Waals surface area contributed by atoms with E-state index in [-0.39, 0.29) is 6.04 Å². The minimum atomic E-state index is 0.129. The van der Waals surface area contributed by atoms with Crippen LogP contribution >= 0.6 is 11.8 Å². The van der Waals surface area contributed by atoms with Gasteiger partial charge >= 0.3 is 0 Å². The molecule has 4 rings (SSSR count). The summed E-state index contributed by atoms with van der Waals surface area (Å²) in [6, 6.07) is 28.6. The maximum atomic E-state index is 4.07. The first-order valence-electron chi connectivity index (χ1n) is 12.5. The van der Waals surface area contributed by atoms with Gasteiger partial charge < -0.3 is 5.32 Å². The van der Waals surface area contributed by atoms with Crippen molar-refractivity contribution in [3.63, 3.8) is 0 Å². The molecular weight excluding hydrogens is 430 g/mol. The molecule has 1 aliphatic rings. The molecule has 2 heteroatoms. The van der Waals surface area contributed by atoms with Gasteiger partial charge in [-0.3, -0.25) is 0 Å². The second-order valence-electron chi connectivity index (χ2n) is 9.92. The maximum Gasteiger partial charge on any atom is 0.0738 e. The van der Waals surface area contributed by atoms with Crippen LogP contribution in [0.15, 0.2) is 95.9 Å². The monoisotopic (exact) mass is 467 g/mol. The Bertz CT molecular complexity index is 1120. The molecule has 3 aromatic rings. The Morgan fingerprint density at radius 3 is 1.94 bits per heavy atom. The van der Waals surface area contributed by atoms with Gasteiger partial charge in [0.25, 0.3) is 0 Å². The second-order valence-corrected chi connectivity index (χ2v) is 10.8. The van der Waals surface area contributed by atoms with Crippen molar-refractivity contribution in [1.29, 1.82) is 0 Å². The summed E-state index contributed by atoms with van der Waals surface area (Å²) in [5.74, 6) is 1.36. The number of thioether (sulfide) groups is 1. The highest BCUT2D eigenvalue weighted by molar-refractivity contribution is 8.10. The lowest BCUT2D eigenvalue weighted by Crippen LogP contribution is -2.20. The summed E-state index contributed by atoms with van der Waals surface area (Å²) >= 11 is 1.86. The van der Waals surface area contributed by atoms with Crippen LogP contribution in [0, 0.1) is 5.92 Å². The molecular formula is C32H37NS. The van der Waals surface area contributed by atoms with Gasteiger partial charge in [-0.05, 0) is 57.4 Å². The minimum Gasteiger partial charge on any atom is -0.374 e. The lowest BCUT2D eigenvalue weighted by atomic mass is 9.86. The summed E-state index contributed by atoms with van der Waals surface area (Å²) in [4.78, 5) is 1.35. The van der Waals surface area contributed by atoms with Crippen LogP contribution in [-0.2, 0) is 0 Å². The molecule has 0 saturated carbocycles. The number of benzene rings is 3. The van der Waals surface area contributed by atoms with E-state index in [4.69, 9.17) is 0 Å². The van der Waals surface area contributed by atoms with Crippen LogP contribution in [0.3, 0.4) is 0 Å². The third-order valence-electron chi connectivity index (χ3n) is 6.73. The molecule has 0 bridgehead atoms. The molecule has 0 fully saturated rings. The fourth-order valence-corrected chi connectivity index (χ4v) is 5.82. The summed E-state index contributed by atoms with van der Waals surface area (Å²) in [5, 5.41) is 6.48. The number of para-hydroxylation sites is 1. The SMILES string of the molecule is CC1CC=C(c2ccccc2)SC=C1C(Nc1c(C(C)C)cccc1C(C)C)c1ccccc1. The standard InChI is InChI=1S/C32H37NS/c1-22(2)27-17-12-18-28(23(3)4)32(27)33-31(26-15-10-7-11-16-26)29-21-34-30(20-19-24(29)5)25-13-8-6-9-14-25/h6-18,20-24,31,33H,19H2,1-5H3. The summed E-state index contributed by atoms with van der Waals surface area (Å²) < 4.78 is 0. The van der Waals surface area contributed by atoms with Gasteiger partial charge in [0, 0.05) is 10.6 Å². The van der Waals surface area contributed by atoms with E-state index in [0.29, 0.717) is 17.8 Å². The van der Waals surface area contributed by atoms with Gasteiger partial charge in [-0.2, -0.15) is 0 Å². The van der Waals surface area contributed by atoms with Crippen LogP contribution < -0.4 is 5.32 Å². The van der Waals surface area contributed by atoms with Crippen LogP contribution in [0.4, 0.5) is 5.69 Å². The fourth-order valence-electron chi connectivity index (χ4n) is 4.72. The number of anilines is 1. The average Bonchev–Trinajstić information content (AvgIpc) is 3.05. The molecule has 2 atom stereocenters. The molecule has 0 aliphatic carbocycles. The first kappa shape index (κ1) is 24.4. The van der Waals surface area contributed by atoms with Crippen LogP contribution in [-0.4, -0.2) is 0 Å². The molecule has 0 spiro atoms. The Kier molecular flexibility index (Phi) is 8.00. The predicted octanol–water partition coefficient (Wildman–Crippen LogP) is 9.78. The van der Waals surface area contributed by atoms with E-state index in [2.05, 4.69) is 130 Å². The van der Waals surface area contributed by atoms with Crippen molar-refractivity contribution in [3.8, 4) is 0 Å². The van der Waals surface area contributed by atoms with Gasteiger partial charge in [0.2, 0.25) is 0 Å². The lowest BCUT2D eigenvalue weighted by molar-refractivity contribution is 0.640. The molecule has 1 N–H and O–H groups in total. The molecule has 2 unspecified atom stereocenters. The molecule has 3 aromatic carbocycles. The molecule has 1 nitrogen and oxygen atoms in total. The first-order chi connectivity index (χ1) is 16.5. The Morgan fingerprint density at radius 2 is 1.35 bits per heavy atom. The summed E-state index contributed by atoms with van der Waals surface area (Å²) in [7, 11) is 0. The molecule has 1 heterocycles. The molecule has 0 radical (unpaired) electrons. The van der Waals surface area contributed by atoms with Crippen LogP contribution in [0.5, 0.6) is 0 Å². The molecule has 34 heavy (non-hydrogen) atoms. The minimum absolute atomic E-state index is 0.129. The fraction of sp³-hybridized carbons (Fsp3) is 0.312. The van der Waals surface area contributed by atoms with E-state index < -0.39 is 0 Å². The van der Waals surface area contributed by atoms with E-state index in [1.807, 2.05) is 11.8 Å². The molecule has 1 aliphatic heterocycles. The van der Waals surface area contributed by atoms with Gasteiger partial charge in [0.05, 0.1) is 6.04 Å². The third kappa shape index (κ3) is 5.50. The highest BCUT2D eigenvalue weighted by atomic mass is 32.2. The quantitative estimate of drug-likeness (QED) is 0.371. The van der Waals surface area contributed by atoms with Crippen molar-refractivity contribution >= 4 is 22.4 Å². The first-order valence-corrected chi connectivity index (χ1v) is 13.4. The van der Waals surface area contributed by atoms with Crippen LogP contribution in [0.1, 0.15) is 81.2 Å². The predicted molar refractivity (Wildman–Crippen MR) is 151 cm³/mol. The van der Waals surface area contributed by atoms with Gasteiger partial charge in [0.15, 0.2) is 0 Å². The van der Waals surface area contributed by atoms with E-state index >= 15 is 0 Å². The van der Waals surface area contributed by atoms with Gasteiger partial charge in [0.1, 0.15) is 0 Å². The van der Waals surface area contributed by atoms with Crippen molar-refractivity contribution in [2.45, 2.75) is 58.9 Å². The molecule has 176 valence electrons.